The highest BCUT2D eigenvalue weighted by Gasteiger charge is 2.27. The van der Waals surface area contributed by atoms with Crippen LogP contribution in [0.5, 0.6) is 0 Å². The van der Waals surface area contributed by atoms with Crippen LogP contribution in [0.2, 0.25) is 0 Å². The number of anilines is 1. The number of piperidine rings is 1. The third-order valence-electron chi connectivity index (χ3n) is 3.92. The molecule has 6 nitrogen and oxygen atoms in total. The zero-order chi connectivity index (χ0) is 16.2. The molecule has 7 heteroatoms. The van der Waals surface area contributed by atoms with Gasteiger partial charge < -0.3 is 11.1 Å². The van der Waals surface area contributed by atoms with Gasteiger partial charge in [0.15, 0.2) is 0 Å². The number of rotatable bonds is 5. The third-order valence-corrected chi connectivity index (χ3v) is 5.80. The number of amides is 1. The molecule has 0 aliphatic carbocycles. The molecule has 1 saturated heterocycles. The Kier molecular flexibility index (Phi) is 5.42. The van der Waals surface area contributed by atoms with E-state index >= 15 is 0 Å². The van der Waals surface area contributed by atoms with Crippen LogP contribution in [-0.2, 0) is 21.2 Å². The van der Waals surface area contributed by atoms with Crippen molar-refractivity contribution in [2.75, 3.05) is 24.6 Å². The van der Waals surface area contributed by atoms with Crippen LogP contribution in [0, 0.1) is 0 Å². The average molecular weight is 325 g/mol. The van der Waals surface area contributed by atoms with Crippen LogP contribution in [-0.4, -0.2) is 43.5 Å². The highest BCUT2D eigenvalue weighted by Crippen LogP contribution is 2.15. The smallest absolute Gasteiger partial charge is 0.224 e. The minimum atomic E-state index is -3.12. The number of nitrogens with two attached hydrogens (primary N) is 1. The minimum absolute atomic E-state index is 0.0402. The predicted octanol–water partition coefficient (Wildman–Crippen LogP) is 0.742. The van der Waals surface area contributed by atoms with Crippen molar-refractivity contribution in [3.05, 3.63) is 29.8 Å². The van der Waals surface area contributed by atoms with Crippen LogP contribution in [0.4, 0.5) is 5.69 Å². The summed E-state index contributed by atoms with van der Waals surface area (Å²) in [6.07, 6.45) is 1.63. The van der Waals surface area contributed by atoms with Crippen molar-refractivity contribution >= 4 is 21.6 Å². The zero-order valence-corrected chi connectivity index (χ0v) is 13.6. The van der Waals surface area contributed by atoms with Gasteiger partial charge in [0, 0.05) is 24.8 Å². The van der Waals surface area contributed by atoms with E-state index in [0.29, 0.717) is 38.0 Å². The van der Waals surface area contributed by atoms with E-state index in [1.165, 1.54) is 4.31 Å². The monoisotopic (exact) mass is 325 g/mol. The molecule has 0 atom stereocenters. The fraction of sp³-hybridized carbons (Fsp3) is 0.533. The Balaban J connectivity index is 1.80. The summed E-state index contributed by atoms with van der Waals surface area (Å²) in [7, 11) is -3.12. The third kappa shape index (κ3) is 4.45. The van der Waals surface area contributed by atoms with Gasteiger partial charge in [-0.15, -0.1) is 0 Å². The number of hydrogen-bond acceptors (Lipinski definition) is 4. The van der Waals surface area contributed by atoms with Crippen molar-refractivity contribution in [2.45, 2.75) is 32.2 Å². The molecular weight excluding hydrogens is 302 g/mol. The van der Waals surface area contributed by atoms with Crippen LogP contribution in [0.3, 0.4) is 0 Å². The average Bonchev–Trinajstić information content (AvgIpc) is 2.50. The predicted molar refractivity (Wildman–Crippen MR) is 86.8 cm³/mol. The number of benzene rings is 1. The Labute approximate surface area is 131 Å². The molecule has 122 valence electrons. The summed E-state index contributed by atoms with van der Waals surface area (Å²) in [5.74, 6) is 0.0859. The Morgan fingerprint density at radius 2 is 1.86 bits per heavy atom. The maximum atomic E-state index is 12.0. The molecule has 0 aromatic heterocycles. The Morgan fingerprint density at radius 1 is 1.27 bits per heavy atom. The van der Waals surface area contributed by atoms with Gasteiger partial charge in [0.1, 0.15) is 0 Å². The normalized spacial score (nSPS) is 17.3. The summed E-state index contributed by atoms with van der Waals surface area (Å²) in [4.78, 5) is 12.0. The molecule has 0 unspecified atom stereocenters. The van der Waals surface area contributed by atoms with Crippen molar-refractivity contribution in [2.24, 2.45) is 0 Å². The topological polar surface area (TPSA) is 92.5 Å². The van der Waals surface area contributed by atoms with Crippen molar-refractivity contribution in [1.82, 2.24) is 9.62 Å². The second kappa shape index (κ2) is 7.11. The molecular formula is C15H23N3O3S. The van der Waals surface area contributed by atoms with Crippen molar-refractivity contribution in [3.8, 4) is 0 Å². The molecule has 22 heavy (non-hydrogen) atoms. The largest absolute Gasteiger partial charge is 0.399 e. The first-order chi connectivity index (χ1) is 10.4. The van der Waals surface area contributed by atoms with E-state index in [1.54, 1.807) is 19.1 Å². The molecule has 1 aromatic rings. The van der Waals surface area contributed by atoms with Gasteiger partial charge in [-0.2, -0.15) is 0 Å². The van der Waals surface area contributed by atoms with Crippen LogP contribution in [0.1, 0.15) is 25.3 Å². The summed E-state index contributed by atoms with van der Waals surface area (Å²) in [6, 6.07) is 7.27. The number of carbonyl (C=O) groups excluding carboxylic acids is 1. The Bertz CT molecular complexity index is 605. The highest BCUT2D eigenvalue weighted by molar-refractivity contribution is 7.89. The second-order valence-electron chi connectivity index (χ2n) is 5.56. The van der Waals surface area contributed by atoms with E-state index < -0.39 is 10.0 Å². The van der Waals surface area contributed by atoms with Gasteiger partial charge in [0.05, 0.1) is 12.2 Å². The lowest BCUT2D eigenvalue weighted by Crippen LogP contribution is -2.47. The summed E-state index contributed by atoms with van der Waals surface area (Å²) in [6.45, 7) is 2.60. The first kappa shape index (κ1) is 16.8. The maximum absolute atomic E-state index is 12.0. The van der Waals surface area contributed by atoms with Gasteiger partial charge in [-0.3, -0.25) is 4.79 Å². The van der Waals surface area contributed by atoms with E-state index in [2.05, 4.69) is 5.32 Å². The van der Waals surface area contributed by atoms with Gasteiger partial charge >= 0.3 is 0 Å². The molecule has 3 N–H and O–H groups in total. The van der Waals surface area contributed by atoms with Crippen LogP contribution in [0.15, 0.2) is 24.3 Å². The van der Waals surface area contributed by atoms with Crippen molar-refractivity contribution < 1.29 is 13.2 Å². The lowest BCUT2D eigenvalue weighted by molar-refractivity contribution is -0.121. The highest BCUT2D eigenvalue weighted by atomic mass is 32.2. The van der Waals surface area contributed by atoms with E-state index in [4.69, 9.17) is 5.73 Å². The lowest BCUT2D eigenvalue weighted by atomic mass is 10.1. The number of carbonyl (C=O) groups is 1. The molecule has 1 amide bonds. The number of sulfonamides is 1. The number of hydrogen-bond donors (Lipinski definition) is 2. The van der Waals surface area contributed by atoms with Gasteiger partial charge in [0.2, 0.25) is 15.9 Å². The quantitative estimate of drug-likeness (QED) is 0.781. The van der Waals surface area contributed by atoms with Crippen LogP contribution in [0.25, 0.3) is 0 Å². The number of nitrogens with one attached hydrogen (secondary N) is 1. The molecule has 1 aromatic carbocycles. The van der Waals surface area contributed by atoms with Gasteiger partial charge in [-0.1, -0.05) is 12.1 Å². The second-order valence-corrected chi connectivity index (χ2v) is 7.82. The first-order valence-corrected chi connectivity index (χ1v) is 9.13. The fourth-order valence-corrected chi connectivity index (χ4v) is 3.69. The van der Waals surface area contributed by atoms with Gasteiger partial charge in [0.25, 0.3) is 0 Å². The van der Waals surface area contributed by atoms with E-state index in [9.17, 15) is 13.2 Å². The molecule has 1 aliphatic heterocycles. The maximum Gasteiger partial charge on any atom is 0.224 e. The zero-order valence-electron chi connectivity index (χ0n) is 12.8. The molecule has 0 saturated carbocycles. The molecule has 1 fully saturated rings. The molecule has 1 aliphatic rings. The standard InChI is InChI=1S/C15H23N3O3S/c1-2-22(20,21)18-9-7-14(8-10-18)17-15(19)11-12-3-5-13(16)6-4-12/h3-6,14H,2,7-11,16H2,1H3,(H,17,19). The van der Waals surface area contributed by atoms with Gasteiger partial charge in [-0.25, -0.2) is 12.7 Å². The van der Waals surface area contributed by atoms with Crippen molar-refractivity contribution in [1.29, 1.82) is 0 Å². The molecule has 0 radical (unpaired) electrons. The number of nitrogens with zero attached hydrogens (tertiary/aromatic N) is 1. The number of nitrogen functional groups attached to an aromatic ring is 1. The molecule has 0 spiro atoms. The summed E-state index contributed by atoms with van der Waals surface area (Å²) >= 11 is 0. The van der Waals surface area contributed by atoms with Gasteiger partial charge in [-0.05, 0) is 37.5 Å². The summed E-state index contributed by atoms with van der Waals surface area (Å²) < 4.78 is 25.1. The van der Waals surface area contributed by atoms with E-state index in [1.807, 2.05) is 12.1 Å². The summed E-state index contributed by atoms with van der Waals surface area (Å²) in [5.41, 5.74) is 7.20. The molecule has 1 heterocycles. The fourth-order valence-electron chi connectivity index (χ4n) is 2.56. The van der Waals surface area contributed by atoms with Crippen LogP contribution >= 0.6 is 0 Å². The van der Waals surface area contributed by atoms with Crippen molar-refractivity contribution in [3.63, 3.8) is 0 Å². The first-order valence-electron chi connectivity index (χ1n) is 7.52. The molecule has 0 bridgehead atoms. The Hall–Kier alpha value is -1.60. The van der Waals surface area contributed by atoms with Crippen LogP contribution < -0.4 is 11.1 Å². The SMILES string of the molecule is CCS(=O)(=O)N1CCC(NC(=O)Cc2ccc(N)cc2)CC1. The Morgan fingerprint density at radius 3 is 2.41 bits per heavy atom. The molecule has 2 rings (SSSR count). The lowest BCUT2D eigenvalue weighted by Gasteiger charge is -2.31. The minimum Gasteiger partial charge on any atom is -0.399 e. The van der Waals surface area contributed by atoms with E-state index in [0.717, 1.165) is 5.56 Å². The van der Waals surface area contributed by atoms with E-state index in [-0.39, 0.29) is 17.7 Å². The summed E-state index contributed by atoms with van der Waals surface area (Å²) in [5, 5.41) is 2.98.